The Labute approximate surface area is 208 Å². The zero-order chi connectivity index (χ0) is 24.2. The maximum absolute atomic E-state index is 13.1. The number of aryl methyl sites for hydroxylation is 1. The summed E-state index contributed by atoms with van der Waals surface area (Å²) in [4.78, 5) is 0.136. The predicted octanol–water partition coefficient (Wildman–Crippen LogP) is 5.85. The number of halogens is 1. The predicted molar refractivity (Wildman–Crippen MR) is 139 cm³/mol. The van der Waals surface area contributed by atoms with Crippen LogP contribution >= 0.6 is 15.9 Å². The van der Waals surface area contributed by atoms with Crippen molar-refractivity contribution in [1.82, 2.24) is 0 Å². The zero-order valence-electron chi connectivity index (χ0n) is 18.4. The van der Waals surface area contributed by atoms with E-state index in [1.807, 2.05) is 37.3 Å². The van der Waals surface area contributed by atoms with E-state index in [0.29, 0.717) is 11.1 Å². The fourth-order valence-electron chi connectivity index (χ4n) is 3.48. The van der Waals surface area contributed by atoms with Gasteiger partial charge in [0.05, 0.1) is 10.6 Å². The van der Waals surface area contributed by atoms with Gasteiger partial charge >= 0.3 is 0 Å². The molecule has 0 saturated carbocycles. The SMILES string of the molecule is Cc1ccc(S(=O)(=O)Nc2ccccc2C(O)(C#Cc2ccc(Br)cc2)c2ccccc2)cc1. The van der Waals surface area contributed by atoms with E-state index in [-0.39, 0.29) is 10.6 Å². The van der Waals surface area contributed by atoms with Crippen LogP contribution in [0.25, 0.3) is 0 Å². The standard InChI is InChI=1S/C28H22BrNO3S/c1-21-11-17-25(18-12-21)34(32,33)30-27-10-6-5-9-26(27)28(31,23-7-3-2-4-8-23)20-19-22-13-15-24(29)16-14-22/h2-18,30-31H,1H3. The van der Waals surface area contributed by atoms with Crippen LogP contribution in [0.15, 0.2) is 112 Å². The summed E-state index contributed by atoms with van der Waals surface area (Å²) in [7, 11) is -3.88. The molecule has 0 aromatic heterocycles. The van der Waals surface area contributed by atoms with E-state index < -0.39 is 15.6 Å². The highest BCUT2D eigenvalue weighted by molar-refractivity contribution is 9.10. The Hall–Kier alpha value is -3.37. The van der Waals surface area contributed by atoms with Crippen molar-refractivity contribution in [3.05, 3.63) is 130 Å². The first-order valence-electron chi connectivity index (χ1n) is 10.5. The molecule has 0 bridgehead atoms. The Bertz CT molecular complexity index is 1460. The minimum atomic E-state index is -3.88. The molecular formula is C28H22BrNO3S. The lowest BCUT2D eigenvalue weighted by Crippen LogP contribution is -2.27. The molecule has 0 aliphatic heterocycles. The van der Waals surface area contributed by atoms with Gasteiger partial charge in [-0.3, -0.25) is 4.72 Å². The lowest BCUT2D eigenvalue weighted by atomic mass is 9.85. The molecule has 0 fully saturated rings. The van der Waals surface area contributed by atoms with Crippen molar-refractivity contribution in [3.63, 3.8) is 0 Å². The van der Waals surface area contributed by atoms with E-state index >= 15 is 0 Å². The van der Waals surface area contributed by atoms with E-state index in [0.717, 1.165) is 15.6 Å². The van der Waals surface area contributed by atoms with Gasteiger partial charge in [0.25, 0.3) is 10.0 Å². The van der Waals surface area contributed by atoms with Gasteiger partial charge < -0.3 is 5.11 Å². The highest BCUT2D eigenvalue weighted by Gasteiger charge is 2.33. The van der Waals surface area contributed by atoms with Gasteiger partial charge in [-0.25, -0.2) is 8.42 Å². The molecule has 4 aromatic carbocycles. The molecular weight excluding hydrogens is 510 g/mol. The summed E-state index contributed by atoms with van der Waals surface area (Å²) in [5.74, 6) is 6.03. The lowest BCUT2D eigenvalue weighted by molar-refractivity contribution is 0.146. The summed E-state index contributed by atoms with van der Waals surface area (Å²) in [6, 6.07) is 29.8. The molecule has 0 saturated heterocycles. The van der Waals surface area contributed by atoms with Gasteiger partial charge in [-0.05, 0) is 49.4 Å². The molecule has 0 heterocycles. The summed E-state index contributed by atoms with van der Waals surface area (Å²) in [5.41, 5.74) is 1.03. The van der Waals surface area contributed by atoms with E-state index in [1.54, 1.807) is 72.8 Å². The lowest BCUT2D eigenvalue weighted by Gasteiger charge is -2.26. The highest BCUT2D eigenvalue weighted by Crippen LogP contribution is 2.35. The summed E-state index contributed by atoms with van der Waals surface area (Å²) in [6.07, 6.45) is 0. The average Bonchev–Trinajstić information content (AvgIpc) is 2.84. The van der Waals surface area contributed by atoms with Crippen molar-refractivity contribution in [2.75, 3.05) is 4.72 Å². The highest BCUT2D eigenvalue weighted by atomic mass is 79.9. The number of hydrogen-bond donors (Lipinski definition) is 2. The van der Waals surface area contributed by atoms with Crippen molar-refractivity contribution in [2.24, 2.45) is 0 Å². The van der Waals surface area contributed by atoms with Gasteiger partial charge in [0, 0.05) is 21.2 Å². The third-order valence-corrected chi connectivity index (χ3v) is 7.23. The Morgan fingerprint density at radius 1 is 0.824 bits per heavy atom. The molecule has 6 heteroatoms. The van der Waals surface area contributed by atoms with Crippen LogP contribution in [0.3, 0.4) is 0 Å². The van der Waals surface area contributed by atoms with Crippen LogP contribution in [-0.2, 0) is 15.6 Å². The third-order valence-electron chi connectivity index (χ3n) is 5.32. The van der Waals surface area contributed by atoms with Crippen molar-refractivity contribution in [2.45, 2.75) is 17.4 Å². The van der Waals surface area contributed by atoms with Gasteiger partial charge in [0.15, 0.2) is 5.60 Å². The maximum atomic E-state index is 13.1. The Morgan fingerprint density at radius 3 is 2.12 bits per heavy atom. The fourth-order valence-corrected chi connectivity index (χ4v) is 4.82. The number of rotatable bonds is 5. The van der Waals surface area contributed by atoms with Crippen LogP contribution in [-0.4, -0.2) is 13.5 Å². The number of nitrogens with one attached hydrogen (secondary N) is 1. The van der Waals surface area contributed by atoms with Gasteiger partial charge in [-0.1, -0.05) is 94.0 Å². The van der Waals surface area contributed by atoms with E-state index in [2.05, 4.69) is 32.5 Å². The normalized spacial score (nSPS) is 12.8. The van der Waals surface area contributed by atoms with E-state index in [4.69, 9.17) is 0 Å². The van der Waals surface area contributed by atoms with Gasteiger partial charge in [-0.2, -0.15) is 0 Å². The molecule has 4 nitrogen and oxygen atoms in total. The van der Waals surface area contributed by atoms with Crippen molar-refractivity contribution < 1.29 is 13.5 Å². The van der Waals surface area contributed by atoms with Crippen LogP contribution in [0.2, 0.25) is 0 Å². The smallest absolute Gasteiger partial charge is 0.261 e. The quantitative estimate of drug-likeness (QED) is 0.317. The summed E-state index contributed by atoms with van der Waals surface area (Å²) >= 11 is 3.41. The molecule has 1 atom stereocenters. The average molecular weight is 532 g/mol. The Kier molecular flexibility index (Phi) is 6.90. The number of anilines is 1. The Morgan fingerprint density at radius 2 is 1.44 bits per heavy atom. The van der Waals surface area contributed by atoms with Crippen LogP contribution in [0.4, 0.5) is 5.69 Å². The van der Waals surface area contributed by atoms with Crippen LogP contribution < -0.4 is 4.72 Å². The number of benzene rings is 4. The number of hydrogen-bond acceptors (Lipinski definition) is 3. The summed E-state index contributed by atoms with van der Waals surface area (Å²) in [5, 5.41) is 11.9. The molecule has 2 N–H and O–H groups in total. The topological polar surface area (TPSA) is 66.4 Å². The summed E-state index contributed by atoms with van der Waals surface area (Å²) < 4.78 is 29.8. The largest absolute Gasteiger partial charge is 0.369 e. The van der Waals surface area contributed by atoms with Crippen LogP contribution in [0, 0.1) is 18.8 Å². The molecule has 4 aromatic rings. The summed E-state index contributed by atoms with van der Waals surface area (Å²) in [6.45, 7) is 1.89. The van der Waals surface area contributed by atoms with Gasteiger partial charge in [0.1, 0.15) is 0 Å². The van der Waals surface area contributed by atoms with E-state index in [9.17, 15) is 13.5 Å². The molecule has 0 aliphatic carbocycles. The molecule has 170 valence electrons. The van der Waals surface area contributed by atoms with Crippen LogP contribution in [0.5, 0.6) is 0 Å². The maximum Gasteiger partial charge on any atom is 0.261 e. The van der Waals surface area contributed by atoms with Crippen molar-refractivity contribution in [1.29, 1.82) is 0 Å². The second-order valence-electron chi connectivity index (χ2n) is 7.80. The van der Waals surface area contributed by atoms with Crippen LogP contribution in [0.1, 0.15) is 22.3 Å². The molecule has 34 heavy (non-hydrogen) atoms. The molecule has 0 spiro atoms. The first-order chi connectivity index (χ1) is 16.3. The number of sulfonamides is 1. The molecule has 0 amide bonds. The second kappa shape index (κ2) is 9.86. The third kappa shape index (κ3) is 5.23. The minimum absolute atomic E-state index is 0.136. The van der Waals surface area contributed by atoms with Gasteiger partial charge in [-0.15, -0.1) is 0 Å². The minimum Gasteiger partial charge on any atom is -0.369 e. The van der Waals surface area contributed by atoms with E-state index in [1.165, 1.54) is 0 Å². The Balaban J connectivity index is 1.82. The zero-order valence-corrected chi connectivity index (χ0v) is 20.8. The second-order valence-corrected chi connectivity index (χ2v) is 10.4. The number of para-hydroxylation sites is 1. The van der Waals surface area contributed by atoms with Crippen molar-refractivity contribution >= 4 is 31.6 Å². The van der Waals surface area contributed by atoms with Crippen molar-refractivity contribution in [3.8, 4) is 11.8 Å². The van der Waals surface area contributed by atoms with Gasteiger partial charge in [0.2, 0.25) is 0 Å². The molecule has 0 aliphatic rings. The molecule has 1 unspecified atom stereocenters. The number of aliphatic hydroxyl groups is 1. The first-order valence-corrected chi connectivity index (χ1v) is 12.8. The fraction of sp³-hybridized carbons (Fsp3) is 0.0714. The molecule has 0 radical (unpaired) electrons. The monoisotopic (exact) mass is 531 g/mol. The molecule has 4 rings (SSSR count). The first kappa shape index (κ1) is 23.8.